The smallest absolute Gasteiger partial charge is 0.224 e. The zero-order valence-electron chi connectivity index (χ0n) is 21.3. The molecule has 0 saturated carbocycles. The molecular weight excluding hydrogens is 472 g/mol. The number of rotatable bonds is 9. The normalized spacial score (nSPS) is 14.8. The number of nitrogens with one attached hydrogen (secondary N) is 3. The Kier molecular flexibility index (Phi) is 8.96. The first kappa shape index (κ1) is 27.0. The van der Waals surface area contributed by atoms with Crippen LogP contribution >= 0.6 is 11.8 Å². The largest absolute Gasteiger partial charge is 0.385 e. The molecule has 0 atom stereocenters. The number of carbonyl (C=O) groups excluding carboxylic acids is 1. The third kappa shape index (κ3) is 7.47. The molecule has 0 bridgehead atoms. The number of amides is 1. The fraction of sp³-hybridized carbons (Fsp3) is 0.385. The summed E-state index contributed by atoms with van der Waals surface area (Å²) in [5.41, 5.74) is 6.85. The van der Waals surface area contributed by atoms with Crippen molar-refractivity contribution in [3.63, 3.8) is 0 Å². The van der Waals surface area contributed by atoms with Crippen LogP contribution in [0.25, 0.3) is 0 Å². The van der Waals surface area contributed by atoms with Crippen LogP contribution in [0, 0.1) is 17.8 Å². The molecule has 1 aliphatic heterocycles. The Balaban J connectivity index is 1.83. The summed E-state index contributed by atoms with van der Waals surface area (Å²) >= 11 is 1.42. The van der Waals surface area contributed by atoms with E-state index in [1.54, 1.807) is 13.0 Å². The SMILES string of the molecule is C#CC(C)(C)N1CCN(c2cc(N/C(N)=C/C(C)=N)nc(Sc3ccc(NC(=O)CC)cc3)n2)CC1. The third-order valence-corrected chi connectivity index (χ3v) is 6.63. The molecule has 36 heavy (non-hydrogen) atoms. The lowest BCUT2D eigenvalue weighted by atomic mass is 10.0. The van der Waals surface area contributed by atoms with Crippen LogP contribution in [0.3, 0.4) is 0 Å². The van der Waals surface area contributed by atoms with E-state index >= 15 is 0 Å². The molecule has 10 heteroatoms. The molecule has 1 aliphatic rings. The number of hydrogen-bond acceptors (Lipinski definition) is 9. The predicted molar refractivity (Wildman–Crippen MR) is 148 cm³/mol. The van der Waals surface area contributed by atoms with Gasteiger partial charge in [0, 0.05) is 55.0 Å². The molecule has 1 aromatic carbocycles. The van der Waals surface area contributed by atoms with Crippen molar-refractivity contribution in [2.45, 2.75) is 49.7 Å². The first-order valence-corrected chi connectivity index (χ1v) is 12.6. The average molecular weight is 507 g/mol. The predicted octanol–water partition coefficient (Wildman–Crippen LogP) is 3.76. The maximum Gasteiger partial charge on any atom is 0.224 e. The quantitative estimate of drug-likeness (QED) is 0.230. The van der Waals surface area contributed by atoms with Crippen LogP contribution in [0.4, 0.5) is 17.3 Å². The van der Waals surface area contributed by atoms with E-state index in [0.29, 0.717) is 28.9 Å². The van der Waals surface area contributed by atoms with Crippen LogP contribution < -0.4 is 21.3 Å². The molecule has 190 valence electrons. The molecular formula is C26H34N8OS. The first-order chi connectivity index (χ1) is 17.1. The summed E-state index contributed by atoms with van der Waals surface area (Å²) in [7, 11) is 0. The molecule has 2 heterocycles. The van der Waals surface area contributed by atoms with Crippen molar-refractivity contribution in [2.75, 3.05) is 41.7 Å². The van der Waals surface area contributed by atoms with Crippen molar-refractivity contribution in [3.8, 4) is 12.3 Å². The Labute approximate surface area is 217 Å². The fourth-order valence-electron chi connectivity index (χ4n) is 3.65. The first-order valence-electron chi connectivity index (χ1n) is 11.8. The Morgan fingerprint density at radius 1 is 1.22 bits per heavy atom. The summed E-state index contributed by atoms with van der Waals surface area (Å²) in [5.74, 6) is 4.52. The molecule has 2 aromatic rings. The summed E-state index contributed by atoms with van der Waals surface area (Å²) in [6.45, 7) is 10.8. The zero-order chi connectivity index (χ0) is 26.3. The number of nitrogens with zero attached hydrogens (tertiary/aromatic N) is 4. The molecule has 9 nitrogen and oxygen atoms in total. The van der Waals surface area contributed by atoms with E-state index in [2.05, 4.69) is 45.2 Å². The molecule has 0 aliphatic carbocycles. The van der Waals surface area contributed by atoms with E-state index in [9.17, 15) is 4.79 Å². The van der Waals surface area contributed by atoms with E-state index in [1.807, 2.05) is 37.3 Å². The number of anilines is 3. The number of terminal acetylenes is 1. The van der Waals surface area contributed by atoms with Gasteiger partial charge in [0.15, 0.2) is 5.16 Å². The number of piperazine rings is 1. The van der Waals surface area contributed by atoms with Crippen molar-refractivity contribution in [3.05, 3.63) is 42.2 Å². The Bertz CT molecular complexity index is 1160. The van der Waals surface area contributed by atoms with Gasteiger partial charge in [0.05, 0.1) is 5.54 Å². The molecule has 1 fully saturated rings. The summed E-state index contributed by atoms with van der Waals surface area (Å²) in [6.07, 6.45) is 7.69. The van der Waals surface area contributed by atoms with Crippen molar-refractivity contribution >= 4 is 40.7 Å². The molecule has 5 N–H and O–H groups in total. The van der Waals surface area contributed by atoms with E-state index in [4.69, 9.17) is 22.6 Å². The topological polar surface area (TPSA) is 123 Å². The van der Waals surface area contributed by atoms with Crippen molar-refractivity contribution in [1.82, 2.24) is 14.9 Å². The van der Waals surface area contributed by atoms with Crippen LogP contribution in [-0.4, -0.2) is 58.2 Å². The molecule has 1 aromatic heterocycles. The van der Waals surface area contributed by atoms with Crippen LogP contribution in [-0.2, 0) is 4.79 Å². The lowest BCUT2D eigenvalue weighted by molar-refractivity contribution is -0.115. The average Bonchev–Trinajstić information content (AvgIpc) is 2.84. The lowest BCUT2D eigenvalue weighted by Crippen LogP contribution is -2.54. The van der Waals surface area contributed by atoms with Gasteiger partial charge in [-0.05, 0) is 62.9 Å². The second-order valence-electron chi connectivity index (χ2n) is 9.01. The van der Waals surface area contributed by atoms with Crippen LogP contribution in [0.15, 0.2) is 52.3 Å². The Morgan fingerprint density at radius 2 is 1.89 bits per heavy atom. The second kappa shape index (κ2) is 11.9. The standard InChI is InChI=1S/C26H34N8OS/c1-6-24(35)29-19-8-10-20(11-9-19)36-25-31-22(30-21(28)16-18(3)27)17-23(32-25)33-12-14-34(15-13-33)26(4,5)7-2/h2,8-11,16-17,27H,6,12-15,28H2,1,3-5H3,(H,29,35)(H,30,31,32)/b21-16+,27-18?. The van der Waals surface area contributed by atoms with Gasteiger partial charge < -0.3 is 26.7 Å². The minimum Gasteiger partial charge on any atom is -0.385 e. The minimum atomic E-state index is -0.294. The highest BCUT2D eigenvalue weighted by molar-refractivity contribution is 7.99. The van der Waals surface area contributed by atoms with Crippen LogP contribution in [0.5, 0.6) is 0 Å². The maximum atomic E-state index is 11.6. The van der Waals surface area contributed by atoms with Crippen molar-refractivity contribution < 1.29 is 4.79 Å². The molecule has 3 rings (SSSR count). The van der Waals surface area contributed by atoms with Gasteiger partial charge in [-0.25, -0.2) is 9.97 Å². The highest BCUT2D eigenvalue weighted by Crippen LogP contribution is 2.30. The highest BCUT2D eigenvalue weighted by atomic mass is 32.2. The molecule has 0 unspecified atom stereocenters. The fourth-order valence-corrected chi connectivity index (χ4v) is 4.41. The number of aromatic nitrogens is 2. The molecule has 1 amide bonds. The van der Waals surface area contributed by atoms with Gasteiger partial charge in [-0.3, -0.25) is 9.69 Å². The summed E-state index contributed by atoms with van der Waals surface area (Å²) in [4.78, 5) is 26.5. The number of carbonyl (C=O) groups is 1. The summed E-state index contributed by atoms with van der Waals surface area (Å²) < 4.78 is 0. The molecule has 0 spiro atoms. The number of hydrogen-bond donors (Lipinski definition) is 4. The van der Waals surface area contributed by atoms with Gasteiger partial charge in [-0.1, -0.05) is 12.8 Å². The van der Waals surface area contributed by atoms with Crippen molar-refractivity contribution in [1.29, 1.82) is 5.41 Å². The molecule has 1 saturated heterocycles. The summed E-state index contributed by atoms with van der Waals surface area (Å²) in [5, 5.41) is 14.1. The lowest BCUT2D eigenvalue weighted by Gasteiger charge is -2.41. The number of benzene rings is 1. The number of allylic oxidation sites excluding steroid dienone is 1. The van der Waals surface area contributed by atoms with Gasteiger partial charge in [-0.15, -0.1) is 6.42 Å². The van der Waals surface area contributed by atoms with E-state index in [0.717, 1.165) is 42.6 Å². The molecule has 0 radical (unpaired) electrons. The second-order valence-corrected chi connectivity index (χ2v) is 10.0. The number of nitrogens with two attached hydrogens (primary N) is 1. The van der Waals surface area contributed by atoms with Gasteiger partial charge >= 0.3 is 0 Å². The maximum absolute atomic E-state index is 11.6. The van der Waals surface area contributed by atoms with E-state index in [-0.39, 0.29) is 11.4 Å². The van der Waals surface area contributed by atoms with Crippen molar-refractivity contribution in [2.24, 2.45) is 5.73 Å². The van der Waals surface area contributed by atoms with Gasteiger partial charge in [0.1, 0.15) is 17.5 Å². The third-order valence-electron chi connectivity index (χ3n) is 5.75. The van der Waals surface area contributed by atoms with E-state index < -0.39 is 0 Å². The Hall–Kier alpha value is -3.55. The minimum absolute atomic E-state index is 0.0290. The highest BCUT2D eigenvalue weighted by Gasteiger charge is 2.28. The van der Waals surface area contributed by atoms with Crippen LogP contribution in [0.1, 0.15) is 34.1 Å². The Morgan fingerprint density at radius 3 is 2.47 bits per heavy atom. The van der Waals surface area contributed by atoms with E-state index in [1.165, 1.54) is 11.8 Å². The summed E-state index contributed by atoms with van der Waals surface area (Å²) in [6, 6.07) is 9.44. The monoisotopic (exact) mass is 506 g/mol. The van der Waals surface area contributed by atoms with Gasteiger partial charge in [-0.2, -0.15) is 0 Å². The van der Waals surface area contributed by atoms with Crippen LogP contribution in [0.2, 0.25) is 0 Å². The van der Waals surface area contributed by atoms with Gasteiger partial charge in [0.2, 0.25) is 5.91 Å². The zero-order valence-corrected chi connectivity index (χ0v) is 22.1. The van der Waals surface area contributed by atoms with Gasteiger partial charge in [0.25, 0.3) is 0 Å².